The van der Waals surface area contributed by atoms with Crippen molar-refractivity contribution in [2.75, 3.05) is 20.2 Å². The van der Waals surface area contributed by atoms with Gasteiger partial charge in [0.25, 0.3) is 0 Å². The van der Waals surface area contributed by atoms with E-state index in [1.54, 1.807) is 7.11 Å². The minimum absolute atomic E-state index is 0.181. The average Bonchev–Trinajstić information content (AvgIpc) is 3.27. The van der Waals surface area contributed by atoms with Crippen molar-refractivity contribution >= 4 is 5.91 Å². The molecule has 4 unspecified atom stereocenters. The predicted molar refractivity (Wildman–Crippen MR) is 83.5 cm³/mol. The molecule has 1 aromatic rings. The van der Waals surface area contributed by atoms with Gasteiger partial charge in [0, 0.05) is 25.7 Å². The third kappa shape index (κ3) is 3.26. The molecule has 5 rings (SSSR count). The molecule has 4 atom stereocenters. The van der Waals surface area contributed by atoms with Gasteiger partial charge in [-0.15, -0.1) is 5.10 Å². The fourth-order valence-corrected chi connectivity index (χ4v) is 4.02. The van der Waals surface area contributed by atoms with Gasteiger partial charge in [0.05, 0.1) is 25.3 Å². The maximum Gasteiger partial charge on any atom is 0.224 e. The van der Waals surface area contributed by atoms with E-state index in [4.69, 9.17) is 4.74 Å². The van der Waals surface area contributed by atoms with E-state index >= 15 is 0 Å². The zero-order chi connectivity index (χ0) is 15.8. The van der Waals surface area contributed by atoms with Crippen LogP contribution in [0.15, 0.2) is 6.20 Å². The molecule has 0 radical (unpaired) electrons. The van der Waals surface area contributed by atoms with Gasteiger partial charge in [-0.2, -0.15) is 0 Å². The van der Waals surface area contributed by atoms with Crippen molar-refractivity contribution in [3.63, 3.8) is 0 Å². The molecule has 1 aromatic heterocycles. The maximum atomic E-state index is 12.4. The van der Waals surface area contributed by atoms with Crippen LogP contribution >= 0.6 is 0 Å². The molecular weight excluding hydrogens is 294 g/mol. The van der Waals surface area contributed by atoms with E-state index in [0.29, 0.717) is 24.6 Å². The molecule has 1 saturated carbocycles. The number of hydrogen-bond donors (Lipinski definition) is 1. The van der Waals surface area contributed by atoms with Crippen LogP contribution in [0, 0.1) is 11.8 Å². The van der Waals surface area contributed by atoms with Crippen molar-refractivity contribution in [3.05, 3.63) is 11.9 Å². The summed E-state index contributed by atoms with van der Waals surface area (Å²) in [7, 11) is 1.66. The van der Waals surface area contributed by atoms with Gasteiger partial charge in [-0.25, -0.2) is 0 Å². The predicted octanol–water partition coefficient (Wildman–Crippen LogP) is 0.414. The van der Waals surface area contributed by atoms with E-state index < -0.39 is 0 Å². The van der Waals surface area contributed by atoms with Gasteiger partial charge in [-0.05, 0) is 38.1 Å². The largest absolute Gasteiger partial charge is 0.378 e. The molecule has 4 aliphatic rings. The Kier molecular flexibility index (Phi) is 4.07. The lowest BCUT2D eigenvalue weighted by atomic mass is 9.75. The van der Waals surface area contributed by atoms with Crippen molar-refractivity contribution < 1.29 is 9.53 Å². The van der Waals surface area contributed by atoms with Crippen molar-refractivity contribution in [3.8, 4) is 0 Å². The summed E-state index contributed by atoms with van der Waals surface area (Å²) in [4.78, 5) is 14.9. The summed E-state index contributed by atoms with van der Waals surface area (Å²) in [6.07, 6.45) is 6.51. The van der Waals surface area contributed by atoms with E-state index in [1.165, 1.54) is 0 Å². The van der Waals surface area contributed by atoms with Gasteiger partial charge in [-0.1, -0.05) is 5.21 Å². The Hall–Kier alpha value is -1.47. The molecule has 23 heavy (non-hydrogen) atoms. The van der Waals surface area contributed by atoms with Gasteiger partial charge in [0.15, 0.2) is 0 Å². The van der Waals surface area contributed by atoms with Crippen LogP contribution in [0.4, 0.5) is 0 Å². The summed E-state index contributed by atoms with van der Waals surface area (Å²) >= 11 is 0. The number of amides is 1. The standard InChI is InChI=1S/C16H25N5O2/c1-23-10-13-7-21(19-18-13)8-14-6-11-4-5-20(14)9-15(11)16(22)17-12-2-3-12/h7,11-12,14-15H,2-6,8-10H2,1H3,(H,17,22). The minimum Gasteiger partial charge on any atom is -0.378 e. The molecule has 126 valence electrons. The number of carbonyl (C=O) groups excluding carboxylic acids is 1. The summed E-state index contributed by atoms with van der Waals surface area (Å²) < 4.78 is 7.00. The molecule has 1 aliphatic carbocycles. The smallest absolute Gasteiger partial charge is 0.224 e. The Labute approximate surface area is 136 Å². The fraction of sp³-hybridized carbons (Fsp3) is 0.812. The van der Waals surface area contributed by atoms with Crippen molar-refractivity contribution in [2.45, 2.75) is 50.9 Å². The summed E-state index contributed by atoms with van der Waals surface area (Å²) in [6.45, 7) is 3.35. The SMILES string of the molecule is COCc1cn(CC2CC3CCN2CC3C(=O)NC2CC2)nn1. The molecule has 1 amide bonds. The molecule has 3 saturated heterocycles. The lowest BCUT2D eigenvalue weighted by Crippen LogP contribution is -2.58. The first-order valence-corrected chi connectivity index (χ1v) is 8.65. The van der Waals surface area contributed by atoms with Crippen LogP contribution in [0.1, 0.15) is 31.4 Å². The van der Waals surface area contributed by atoms with Crippen LogP contribution in [0.25, 0.3) is 0 Å². The van der Waals surface area contributed by atoms with Crippen LogP contribution in [-0.4, -0.2) is 58.1 Å². The second-order valence-corrected chi connectivity index (χ2v) is 7.19. The molecule has 4 fully saturated rings. The second-order valence-electron chi connectivity index (χ2n) is 7.19. The normalized spacial score (nSPS) is 32.9. The highest BCUT2D eigenvalue weighted by molar-refractivity contribution is 5.80. The zero-order valence-corrected chi connectivity index (χ0v) is 13.6. The van der Waals surface area contributed by atoms with Crippen molar-refractivity contribution in [1.82, 2.24) is 25.2 Å². The first-order chi connectivity index (χ1) is 11.2. The van der Waals surface area contributed by atoms with Crippen molar-refractivity contribution in [2.24, 2.45) is 11.8 Å². The van der Waals surface area contributed by atoms with E-state index in [9.17, 15) is 4.79 Å². The van der Waals surface area contributed by atoms with Gasteiger partial charge < -0.3 is 10.1 Å². The van der Waals surface area contributed by atoms with Gasteiger partial charge >= 0.3 is 0 Å². The summed E-state index contributed by atoms with van der Waals surface area (Å²) in [6, 6.07) is 0.930. The molecule has 7 nitrogen and oxygen atoms in total. The average molecular weight is 319 g/mol. The number of rotatable bonds is 6. The number of piperidine rings is 3. The van der Waals surface area contributed by atoms with E-state index in [1.807, 2.05) is 10.9 Å². The van der Waals surface area contributed by atoms with Crippen LogP contribution in [0.5, 0.6) is 0 Å². The molecule has 0 aromatic carbocycles. The molecule has 1 N–H and O–H groups in total. The topological polar surface area (TPSA) is 72.3 Å². The van der Waals surface area contributed by atoms with E-state index in [0.717, 1.165) is 51.0 Å². The number of aromatic nitrogens is 3. The summed E-state index contributed by atoms with van der Waals surface area (Å²) in [5.41, 5.74) is 0.866. The van der Waals surface area contributed by atoms with E-state index in [2.05, 4.69) is 20.5 Å². The zero-order valence-electron chi connectivity index (χ0n) is 13.6. The number of nitrogens with one attached hydrogen (secondary N) is 1. The van der Waals surface area contributed by atoms with Crippen LogP contribution < -0.4 is 5.32 Å². The Morgan fingerprint density at radius 2 is 2.30 bits per heavy atom. The van der Waals surface area contributed by atoms with Crippen LogP contribution in [-0.2, 0) is 22.7 Å². The number of carbonyl (C=O) groups is 1. The monoisotopic (exact) mass is 319 g/mol. The second kappa shape index (κ2) is 6.20. The fourth-order valence-electron chi connectivity index (χ4n) is 4.02. The number of ether oxygens (including phenoxy) is 1. The quantitative estimate of drug-likeness (QED) is 0.822. The van der Waals surface area contributed by atoms with Crippen LogP contribution in [0.3, 0.4) is 0 Å². The third-order valence-corrected chi connectivity index (χ3v) is 5.42. The first-order valence-electron chi connectivity index (χ1n) is 8.65. The lowest BCUT2D eigenvalue weighted by molar-refractivity contribution is -0.133. The lowest BCUT2D eigenvalue weighted by Gasteiger charge is -2.49. The van der Waals surface area contributed by atoms with Crippen LogP contribution in [0.2, 0.25) is 0 Å². The highest BCUT2D eigenvalue weighted by Crippen LogP contribution is 2.37. The Morgan fingerprint density at radius 1 is 1.43 bits per heavy atom. The number of nitrogens with zero attached hydrogens (tertiary/aromatic N) is 4. The van der Waals surface area contributed by atoms with Gasteiger partial charge in [0.2, 0.25) is 5.91 Å². The molecule has 4 heterocycles. The number of hydrogen-bond acceptors (Lipinski definition) is 5. The summed E-state index contributed by atoms with van der Waals surface area (Å²) in [5.74, 6) is 0.981. The first kappa shape index (κ1) is 15.1. The Balaban J connectivity index is 1.36. The maximum absolute atomic E-state index is 12.4. The number of methoxy groups -OCH3 is 1. The molecular formula is C16H25N5O2. The van der Waals surface area contributed by atoms with E-state index in [-0.39, 0.29) is 11.8 Å². The highest BCUT2D eigenvalue weighted by atomic mass is 16.5. The van der Waals surface area contributed by atoms with Gasteiger partial charge in [-0.3, -0.25) is 14.4 Å². The Bertz CT molecular complexity index is 571. The number of fused-ring (bicyclic) bond motifs is 3. The molecule has 2 bridgehead atoms. The van der Waals surface area contributed by atoms with Gasteiger partial charge in [0.1, 0.15) is 5.69 Å². The van der Waals surface area contributed by atoms with Crippen molar-refractivity contribution in [1.29, 1.82) is 0 Å². The third-order valence-electron chi connectivity index (χ3n) is 5.42. The molecule has 0 spiro atoms. The minimum atomic E-state index is 0.181. The molecule has 7 heteroatoms. The summed E-state index contributed by atoms with van der Waals surface area (Å²) in [5, 5.41) is 11.5. The molecule has 3 aliphatic heterocycles. The Morgan fingerprint density at radius 3 is 3.00 bits per heavy atom. The highest BCUT2D eigenvalue weighted by Gasteiger charge is 2.44.